The molecule has 2 aliphatic rings. The third-order valence-corrected chi connectivity index (χ3v) is 5.73. The Morgan fingerprint density at radius 1 is 1.11 bits per heavy atom. The Kier molecular flexibility index (Phi) is 5.66. The molecule has 1 unspecified atom stereocenters. The number of hydrogen-bond donors (Lipinski definition) is 2. The molecule has 0 aliphatic carbocycles. The summed E-state index contributed by atoms with van der Waals surface area (Å²) in [5.41, 5.74) is 2.01. The van der Waals surface area contributed by atoms with Crippen molar-refractivity contribution in [2.24, 2.45) is 0 Å². The first-order valence-electron chi connectivity index (χ1n) is 9.87. The van der Waals surface area contributed by atoms with Gasteiger partial charge in [-0.3, -0.25) is 4.90 Å². The van der Waals surface area contributed by atoms with Gasteiger partial charge in [-0.25, -0.2) is 9.97 Å². The Morgan fingerprint density at radius 3 is 2.56 bits per heavy atom. The molecular weight excluding hydrogens is 340 g/mol. The summed E-state index contributed by atoms with van der Waals surface area (Å²) in [6.45, 7) is 4.21. The molecule has 1 atom stereocenters. The molecule has 6 heteroatoms. The number of aliphatic hydroxyl groups excluding tert-OH is 1. The van der Waals surface area contributed by atoms with Crippen LogP contribution in [0, 0.1) is 0 Å². The molecule has 6 nitrogen and oxygen atoms in total. The zero-order valence-electron chi connectivity index (χ0n) is 15.7. The highest BCUT2D eigenvalue weighted by molar-refractivity contribution is 5.27. The summed E-state index contributed by atoms with van der Waals surface area (Å²) in [7, 11) is 0. The maximum Gasteiger partial charge on any atom is 0.222 e. The average molecular weight is 368 g/mol. The topological polar surface area (TPSA) is 70.5 Å². The molecule has 2 N–H and O–H groups in total. The molecule has 0 amide bonds. The van der Waals surface area contributed by atoms with Gasteiger partial charge in [0.05, 0.1) is 11.7 Å². The van der Waals surface area contributed by atoms with Crippen molar-refractivity contribution >= 4 is 5.95 Å². The molecule has 2 aliphatic heterocycles. The molecule has 0 radical (unpaired) electrons. The van der Waals surface area contributed by atoms with Crippen LogP contribution in [0.25, 0.3) is 0 Å². The maximum atomic E-state index is 10.4. The summed E-state index contributed by atoms with van der Waals surface area (Å²) in [5, 5.41) is 13.6. The lowest BCUT2D eigenvalue weighted by atomic mass is 9.82. The number of ether oxygens (including phenoxy) is 1. The number of anilines is 1. The predicted molar refractivity (Wildman–Crippen MR) is 104 cm³/mol. The first-order valence-corrected chi connectivity index (χ1v) is 9.87. The van der Waals surface area contributed by atoms with E-state index in [9.17, 15) is 5.11 Å². The first-order chi connectivity index (χ1) is 13.2. The molecule has 1 spiro atoms. The number of benzene rings is 1. The molecule has 144 valence electrons. The smallest absolute Gasteiger partial charge is 0.222 e. The van der Waals surface area contributed by atoms with Crippen molar-refractivity contribution in [1.82, 2.24) is 14.9 Å². The highest BCUT2D eigenvalue weighted by atomic mass is 16.5. The van der Waals surface area contributed by atoms with Crippen LogP contribution in [-0.2, 0) is 17.8 Å². The highest BCUT2D eigenvalue weighted by Gasteiger charge is 2.43. The van der Waals surface area contributed by atoms with E-state index in [4.69, 9.17) is 4.74 Å². The van der Waals surface area contributed by atoms with Gasteiger partial charge in [-0.1, -0.05) is 30.3 Å². The van der Waals surface area contributed by atoms with Crippen LogP contribution in [0.5, 0.6) is 0 Å². The number of aromatic nitrogens is 2. The number of likely N-dealkylation sites (tertiary alicyclic amines) is 1. The van der Waals surface area contributed by atoms with Gasteiger partial charge >= 0.3 is 0 Å². The number of rotatable bonds is 5. The Balaban J connectivity index is 1.27. The molecular formula is C21H28N4O2. The number of hydrogen-bond acceptors (Lipinski definition) is 6. The molecule has 1 aromatic heterocycles. The van der Waals surface area contributed by atoms with E-state index in [0.29, 0.717) is 5.95 Å². The molecule has 2 fully saturated rings. The normalized spacial score (nSPS) is 22.6. The molecule has 1 aromatic carbocycles. The maximum absolute atomic E-state index is 10.4. The van der Waals surface area contributed by atoms with E-state index < -0.39 is 0 Å². The van der Waals surface area contributed by atoms with Crippen molar-refractivity contribution in [2.45, 2.75) is 50.5 Å². The van der Waals surface area contributed by atoms with Crippen molar-refractivity contribution in [3.8, 4) is 0 Å². The number of piperidine rings is 1. The molecule has 3 heterocycles. The predicted octanol–water partition coefficient (Wildman–Crippen LogP) is 2.59. The second-order valence-electron chi connectivity index (χ2n) is 7.60. The summed E-state index contributed by atoms with van der Waals surface area (Å²) < 4.78 is 5.99. The molecule has 0 saturated carbocycles. The Morgan fingerprint density at radius 2 is 1.85 bits per heavy atom. The minimum absolute atomic E-state index is 0.309. The van der Waals surface area contributed by atoms with E-state index in [-0.39, 0.29) is 11.7 Å². The van der Waals surface area contributed by atoms with E-state index in [0.717, 1.165) is 64.0 Å². The van der Waals surface area contributed by atoms with E-state index >= 15 is 0 Å². The summed E-state index contributed by atoms with van der Waals surface area (Å²) in [5.74, 6) is 0.652. The minimum atomic E-state index is -0.313. The van der Waals surface area contributed by atoms with Gasteiger partial charge in [0.1, 0.15) is 0 Å². The van der Waals surface area contributed by atoms with Crippen LogP contribution >= 0.6 is 0 Å². The van der Waals surface area contributed by atoms with Gasteiger partial charge in [0.25, 0.3) is 0 Å². The Hall–Kier alpha value is -2.02. The zero-order valence-corrected chi connectivity index (χ0v) is 15.7. The van der Waals surface area contributed by atoms with Crippen molar-refractivity contribution in [3.63, 3.8) is 0 Å². The molecule has 0 bridgehead atoms. The standard InChI is InChI=1S/C21H28N4O2/c26-19-7-4-12-27-21(19)8-10-25(11-9-21)16-18-14-23-20(24-15-18)22-13-17-5-2-1-3-6-17/h1-3,5-6,14-15,19,26H,4,7-13,16H2,(H,22,23,24). The minimum Gasteiger partial charge on any atom is -0.390 e. The van der Waals surface area contributed by atoms with E-state index in [2.05, 4.69) is 32.3 Å². The lowest BCUT2D eigenvalue weighted by molar-refractivity contribution is -0.177. The second kappa shape index (κ2) is 8.33. The summed E-state index contributed by atoms with van der Waals surface area (Å²) in [6, 6.07) is 10.2. The summed E-state index contributed by atoms with van der Waals surface area (Å²) >= 11 is 0. The Bertz CT molecular complexity index is 715. The lowest BCUT2D eigenvalue weighted by Crippen LogP contribution is -2.55. The van der Waals surface area contributed by atoms with Gasteiger partial charge < -0.3 is 15.2 Å². The number of nitrogens with zero attached hydrogens (tertiary/aromatic N) is 3. The van der Waals surface area contributed by atoms with E-state index in [1.54, 1.807) is 0 Å². The van der Waals surface area contributed by atoms with E-state index in [1.807, 2.05) is 30.6 Å². The second-order valence-corrected chi connectivity index (χ2v) is 7.60. The molecule has 27 heavy (non-hydrogen) atoms. The summed E-state index contributed by atoms with van der Waals surface area (Å²) in [6.07, 6.45) is 7.11. The SMILES string of the molecule is OC1CCCOC12CCN(Cc1cnc(NCc3ccccc3)nc1)CC2. The quantitative estimate of drug-likeness (QED) is 0.845. The largest absolute Gasteiger partial charge is 0.390 e. The van der Waals surface area contributed by atoms with Gasteiger partial charge in [0, 0.05) is 50.7 Å². The fraction of sp³-hybridized carbons (Fsp3) is 0.524. The fourth-order valence-electron chi connectivity index (χ4n) is 4.04. The first kappa shape index (κ1) is 18.3. The Labute approximate surface area is 160 Å². The average Bonchev–Trinajstić information content (AvgIpc) is 2.72. The summed E-state index contributed by atoms with van der Waals surface area (Å²) in [4.78, 5) is 11.3. The van der Waals surface area contributed by atoms with Crippen LogP contribution in [0.3, 0.4) is 0 Å². The highest BCUT2D eigenvalue weighted by Crippen LogP contribution is 2.35. The van der Waals surface area contributed by atoms with Crippen LogP contribution in [0.4, 0.5) is 5.95 Å². The number of aliphatic hydroxyl groups is 1. The third-order valence-electron chi connectivity index (χ3n) is 5.73. The van der Waals surface area contributed by atoms with Crippen molar-refractivity contribution in [3.05, 3.63) is 53.9 Å². The van der Waals surface area contributed by atoms with Gasteiger partial charge in [-0.05, 0) is 31.2 Å². The molecule has 4 rings (SSSR count). The lowest BCUT2D eigenvalue weighted by Gasteiger charge is -2.46. The van der Waals surface area contributed by atoms with Gasteiger partial charge in [-0.2, -0.15) is 0 Å². The van der Waals surface area contributed by atoms with Crippen LogP contribution in [0.1, 0.15) is 36.8 Å². The van der Waals surface area contributed by atoms with Crippen molar-refractivity contribution < 1.29 is 9.84 Å². The van der Waals surface area contributed by atoms with Crippen molar-refractivity contribution in [1.29, 1.82) is 0 Å². The van der Waals surface area contributed by atoms with Gasteiger partial charge in [0.15, 0.2) is 0 Å². The third kappa shape index (κ3) is 4.46. The van der Waals surface area contributed by atoms with Gasteiger partial charge in [-0.15, -0.1) is 0 Å². The number of nitrogens with one attached hydrogen (secondary N) is 1. The van der Waals surface area contributed by atoms with Gasteiger partial charge in [0.2, 0.25) is 5.95 Å². The van der Waals surface area contributed by atoms with Crippen LogP contribution in [0.15, 0.2) is 42.7 Å². The zero-order chi connectivity index (χ0) is 18.5. The molecule has 2 aromatic rings. The fourth-order valence-corrected chi connectivity index (χ4v) is 4.04. The van der Waals surface area contributed by atoms with Crippen molar-refractivity contribution in [2.75, 3.05) is 25.0 Å². The van der Waals surface area contributed by atoms with Crippen LogP contribution < -0.4 is 5.32 Å². The van der Waals surface area contributed by atoms with Crippen LogP contribution in [-0.4, -0.2) is 51.4 Å². The van der Waals surface area contributed by atoms with Crippen LogP contribution in [0.2, 0.25) is 0 Å². The van der Waals surface area contributed by atoms with E-state index in [1.165, 1.54) is 5.56 Å². The monoisotopic (exact) mass is 368 g/mol. The molecule has 2 saturated heterocycles.